The van der Waals surface area contributed by atoms with Crippen molar-refractivity contribution < 1.29 is 14.7 Å². The van der Waals surface area contributed by atoms with E-state index in [0.717, 1.165) is 31.7 Å². The maximum atomic E-state index is 12.8. The van der Waals surface area contributed by atoms with E-state index in [-0.39, 0.29) is 24.0 Å². The fourth-order valence-corrected chi connectivity index (χ4v) is 3.45. The van der Waals surface area contributed by atoms with Crippen LogP contribution >= 0.6 is 0 Å². The topological polar surface area (TPSA) is 94.6 Å². The number of rotatable bonds is 5. The van der Waals surface area contributed by atoms with Gasteiger partial charge in [0.15, 0.2) is 5.82 Å². The highest BCUT2D eigenvalue weighted by Gasteiger charge is 2.22. The van der Waals surface area contributed by atoms with E-state index in [4.69, 9.17) is 0 Å². The van der Waals surface area contributed by atoms with Gasteiger partial charge >= 0.3 is 0 Å². The first kappa shape index (κ1) is 21.8. The summed E-state index contributed by atoms with van der Waals surface area (Å²) in [5.74, 6) is 0.646. The number of aliphatic hydroxyl groups is 1. The number of hydrogen-bond donors (Lipinski definition) is 3. The standard InChI is InChI=1S/C23H30N4O3/c1-23(2,3)26-22(30)18-8-6-17(7-9-18)21(29)25-19-5-4-12-24-20(19)27-13-10-16(15-28)11-14-27/h4-9,12,16,28H,10-11,13-15H2,1-3H3,(H,25,29)(H,26,30). The number of aromatic nitrogens is 1. The molecule has 3 N–H and O–H groups in total. The largest absolute Gasteiger partial charge is 0.396 e. The van der Waals surface area contributed by atoms with Crippen molar-refractivity contribution in [2.45, 2.75) is 39.2 Å². The van der Waals surface area contributed by atoms with Gasteiger partial charge in [0.05, 0.1) is 5.69 Å². The number of amides is 2. The van der Waals surface area contributed by atoms with Crippen LogP contribution in [0, 0.1) is 5.92 Å². The summed E-state index contributed by atoms with van der Waals surface area (Å²) in [7, 11) is 0. The molecule has 7 nitrogen and oxygen atoms in total. The maximum Gasteiger partial charge on any atom is 0.255 e. The highest BCUT2D eigenvalue weighted by atomic mass is 16.3. The predicted molar refractivity (Wildman–Crippen MR) is 118 cm³/mol. The number of carbonyl (C=O) groups is 2. The van der Waals surface area contributed by atoms with E-state index in [9.17, 15) is 14.7 Å². The number of benzene rings is 1. The second-order valence-corrected chi connectivity index (χ2v) is 8.72. The van der Waals surface area contributed by atoms with Gasteiger partial charge in [-0.2, -0.15) is 0 Å². The molecule has 0 spiro atoms. The third kappa shape index (κ3) is 5.57. The Morgan fingerprint density at radius 2 is 1.67 bits per heavy atom. The Bertz CT molecular complexity index is 882. The van der Waals surface area contributed by atoms with Gasteiger partial charge in [-0.1, -0.05) is 0 Å². The molecule has 30 heavy (non-hydrogen) atoms. The summed E-state index contributed by atoms with van der Waals surface area (Å²) in [6.07, 6.45) is 3.52. The number of aliphatic hydroxyl groups excluding tert-OH is 1. The summed E-state index contributed by atoms with van der Waals surface area (Å²) >= 11 is 0. The monoisotopic (exact) mass is 410 g/mol. The predicted octanol–water partition coefficient (Wildman–Crippen LogP) is 3.07. The Kier molecular flexibility index (Phi) is 6.72. The highest BCUT2D eigenvalue weighted by molar-refractivity contribution is 6.06. The minimum absolute atomic E-state index is 0.171. The molecular formula is C23H30N4O3. The van der Waals surface area contributed by atoms with Crippen molar-refractivity contribution in [2.24, 2.45) is 5.92 Å². The van der Waals surface area contributed by atoms with E-state index in [1.807, 2.05) is 26.8 Å². The molecule has 0 saturated carbocycles. The molecule has 2 heterocycles. The van der Waals surface area contributed by atoms with Gasteiger partial charge in [0.1, 0.15) is 0 Å². The SMILES string of the molecule is CC(C)(C)NC(=O)c1ccc(C(=O)Nc2cccnc2N2CCC(CO)CC2)cc1. The molecule has 160 valence electrons. The van der Waals surface area contributed by atoms with Gasteiger partial charge in [0.2, 0.25) is 0 Å². The van der Waals surface area contributed by atoms with Gasteiger partial charge in [-0.05, 0) is 75.9 Å². The van der Waals surface area contributed by atoms with Gasteiger partial charge < -0.3 is 20.6 Å². The van der Waals surface area contributed by atoms with Gasteiger partial charge in [-0.15, -0.1) is 0 Å². The van der Waals surface area contributed by atoms with Crippen molar-refractivity contribution in [1.82, 2.24) is 10.3 Å². The average molecular weight is 411 g/mol. The molecule has 0 unspecified atom stereocenters. The van der Waals surface area contributed by atoms with E-state index in [2.05, 4.69) is 20.5 Å². The van der Waals surface area contributed by atoms with E-state index >= 15 is 0 Å². The van der Waals surface area contributed by atoms with Gasteiger partial charge in [-0.3, -0.25) is 9.59 Å². The summed E-state index contributed by atoms with van der Waals surface area (Å²) in [4.78, 5) is 31.6. The van der Waals surface area contributed by atoms with Crippen LogP contribution in [0.1, 0.15) is 54.3 Å². The zero-order valence-corrected chi connectivity index (χ0v) is 17.8. The Labute approximate surface area is 177 Å². The van der Waals surface area contributed by atoms with Crippen molar-refractivity contribution in [2.75, 3.05) is 29.9 Å². The molecular weight excluding hydrogens is 380 g/mol. The summed E-state index contributed by atoms with van der Waals surface area (Å²) in [6.45, 7) is 7.56. The first-order valence-corrected chi connectivity index (χ1v) is 10.3. The van der Waals surface area contributed by atoms with Crippen LogP contribution in [-0.4, -0.2) is 47.1 Å². The lowest BCUT2D eigenvalue weighted by Crippen LogP contribution is -2.40. The lowest BCUT2D eigenvalue weighted by Gasteiger charge is -2.33. The molecule has 1 fully saturated rings. The minimum Gasteiger partial charge on any atom is -0.396 e. The van der Waals surface area contributed by atoms with Crippen LogP contribution in [0.4, 0.5) is 11.5 Å². The van der Waals surface area contributed by atoms with Crippen molar-refractivity contribution in [3.63, 3.8) is 0 Å². The summed E-state index contributed by atoms with van der Waals surface area (Å²) in [5, 5.41) is 15.2. The zero-order valence-electron chi connectivity index (χ0n) is 17.8. The highest BCUT2D eigenvalue weighted by Crippen LogP contribution is 2.28. The number of hydrogen-bond acceptors (Lipinski definition) is 5. The fourth-order valence-electron chi connectivity index (χ4n) is 3.45. The van der Waals surface area contributed by atoms with Gasteiger partial charge in [0, 0.05) is 42.6 Å². The normalized spacial score (nSPS) is 15.0. The Morgan fingerprint density at radius 3 is 2.23 bits per heavy atom. The number of piperidine rings is 1. The number of nitrogens with zero attached hydrogens (tertiary/aromatic N) is 2. The van der Waals surface area contributed by atoms with E-state index in [1.54, 1.807) is 36.5 Å². The molecule has 1 saturated heterocycles. The Morgan fingerprint density at radius 1 is 1.07 bits per heavy atom. The average Bonchev–Trinajstić information content (AvgIpc) is 2.73. The van der Waals surface area contributed by atoms with Crippen LogP contribution in [0.2, 0.25) is 0 Å². The molecule has 2 amide bonds. The molecule has 0 radical (unpaired) electrons. The van der Waals surface area contributed by atoms with E-state index in [0.29, 0.717) is 22.7 Å². The molecule has 2 aromatic rings. The minimum atomic E-state index is -0.324. The van der Waals surface area contributed by atoms with Crippen molar-refractivity contribution >= 4 is 23.3 Å². The second-order valence-electron chi connectivity index (χ2n) is 8.72. The molecule has 1 aliphatic rings. The van der Waals surface area contributed by atoms with Crippen molar-refractivity contribution in [1.29, 1.82) is 0 Å². The van der Waals surface area contributed by atoms with Crippen molar-refractivity contribution in [3.8, 4) is 0 Å². The van der Waals surface area contributed by atoms with Gasteiger partial charge in [-0.25, -0.2) is 4.98 Å². The van der Waals surface area contributed by atoms with Crippen LogP contribution < -0.4 is 15.5 Å². The van der Waals surface area contributed by atoms with E-state index < -0.39 is 0 Å². The molecule has 0 atom stereocenters. The first-order chi connectivity index (χ1) is 14.3. The smallest absolute Gasteiger partial charge is 0.255 e. The molecule has 1 aliphatic heterocycles. The number of carbonyl (C=O) groups excluding carboxylic acids is 2. The fraction of sp³-hybridized carbons (Fsp3) is 0.435. The number of anilines is 2. The van der Waals surface area contributed by atoms with Crippen LogP contribution in [0.25, 0.3) is 0 Å². The zero-order chi connectivity index (χ0) is 21.7. The second kappa shape index (κ2) is 9.26. The van der Waals surface area contributed by atoms with E-state index in [1.165, 1.54) is 0 Å². The molecule has 7 heteroatoms. The molecule has 1 aromatic heterocycles. The molecule has 3 rings (SSSR count). The third-order valence-electron chi connectivity index (χ3n) is 5.10. The number of nitrogens with one attached hydrogen (secondary N) is 2. The van der Waals surface area contributed by atoms with Gasteiger partial charge in [0.25, 0.3) is 11.8 Å². The summed E-state index contributed by atoms with van der Waals surface area (Å²) < 4.78 is 0. The lowest BCUT2D eigenvalue weighted by molar-refractivity contribution is 0.0918. The maximum absolute atomic E-state index is 12.8. The molecule has 1 aromatic carbocycles. The Balaban J connectivity index is 1.69. The number of pyridine rings is 1. The quantitative estimate of drug-likeness (QED) is 0.704. The van der Waals surface area contributed by atoms with Crippen LogP contribution in [0.5, 0.6) is 0 Å². The summed E-state index contributed by atoms with van der Waals surface area (Å²) in [6, 6.07) is 10.2. The Hall–Kier alpha value is -2.93. The molecule has 0 bridgehead atoms. The van der Waals surface area contributed by atoms with Crippen molar-refractivity contribution in [3.05, 3.63) is 53.7 Å². The first-order valence-electron chi connectivity index (χ1n) is 10.3. The third-order valence-corrected chi connectivity index (χ3v) is 5.10. The lowest BCUT2D eigenvalue weighted by atomic mass is 9.98. The van der Waals surface area contributed by atoms with Crippen LogP contribution in [0.15, 0.2) is 42.6 Å². The van der Waals surface area contributed by atoms with Crippen LogP contribution in [-0.2, 0) is 0 Å². The summed E-state index contributed by atoms with van der Waals surface area (Å²) in [5.41, 5.74) is 1.31. The molecule has 0 aliphatic carbocycles. The van der Waals surface area contributed by atoms with Crippen LogP contribution in [0.3, 0.4) is 0 Å².